The minimum absolute atomic E-state index is 0. The molecule has 0 spiro atoms. The molecule has 1 saturated heterocycles. The number of guanidine groups is 1. The Labute approximate surface area is 141 Å². The van der Waals surface area contributed by atoms with Crippen LogP contribution >= 0.6 is 35.7 Å². The van der Waals surface area contributed by atoms with Crippen molar-refractivity contribution in [2.45, 2.75) is 31.6 Å². The Morgan fingerprint density at radius 2 is 2.35 bits per heavy atom. The molecule has 0 amide bonds. The molecule has 0 aromatic carbocycles. The molecular formula is C13H22IN5S. The summed E-state index contributed by atoms with van der Waals surface area (Å²) in [5.41, 5.74) is 0.977. The third kappa shape index (κ3) is 5.82. The summed E-state index contributed by atoms with van der Waals surface area (Å²) < 4.78 is 0. The van der Waals surface area contributed by atoms with Gasteiger partial charge in [-0.2, -0.15) is 11.8 Å². The first-order valence-corrected chi connectivity index (χ1v) is 7.67. The van der Waals surface area contributed by atoms with Crippen molar-refractivity contribution in [3.63, 3.8) is 0 Å². The summed E-state index contributed by atoms with van der Waals surface area (Å²) in [5, 5.41) is 7.37. The maximum atomic E-state index is 4.36. The van der Waals surface area contributed by atoms with Crippen molar-refractivity contribution in [3.8, 4) is 0 Å². The lowest BCUT2D eigenvalue weighted by Gasteiger charge is -2.14. The van der Waals surface area contributed by atoms with E-state index in [4.69, 9.17) is 0 Å². The molecule has 112 valence electrons. The first kappa shape index (κ1) is 17.5. The highest BCUT2D eigenvalue weighted by atomic mass is 127. The Balaban J connectivity index is 0.00000200. The minimum atomic E-state index is 0. The molecular weight excluding hydrogens is 385 g/mol. The van der Waals surface area contributed by atoms with Crippen LogP contribution in [0, 0.1) is 6.92 Å². The molecule has 1 unspecified atom stereocenters. The molecule has 5 nitrogen and oxygen atoms in total. The highest BCUT2D eigenvalue weighted by Crippen LogP contribution is 2.25. The van der Waals surface area contributed by atoms with Crippen LogP contribution in [-0.4, -0.2) is 40.5 Å². The van der Waals surface area contributed by atoms with Gasteiger partial charge in [-0.25, -0.2) is 9.97 Å². The summed E-state index contributed by atoms with van der Waals surface area (Å²) in [6, 6.07) is 1.92. The summed E-state index contributed by atoms with van der Waals surface area (Å²) >= 11 is 2.05. The zero-order chi connectivity index (χ0) is 13.5. The molecule has 7 heteroatoms. The zero-order valence-corrected chi connectivity index (χ0v) is 15.1. The molecule has 1 fully saturated rings. The number of halogens is 1. The standard InChI is InChI=1S/C13H21N5S.HI/c1-10-15-6-5-11(18-10)8-16-13(14-2)17-9-12-4-3-7-19-12;/h5-6,12H,3-4,7-9H2,1-2H3,(H2,14,16,17);1H. The fraction of sp³-hybridized carbons (Fsp3) is 0.615. The SMILES string of the molecule is CN=C(NCc1ccnc(C)n1)NCC1CCCS1.I. The highest BCUT2D eigenvalue weighted by Gasteiger charge is 2.15. The second-order valence-electron chi connectivity index (χ2n) is 4.54. The summed E-state index contributed by atoms with van der Waals surface area (Å²) in [7, 11) is 1.79. The van der Waals surface area contributed by atoms with Crippen LogP contribution in [0.4, 0.5) is 0 Å². The van der Waals surface area contributed by atoms with Gasteiger partial charge in [-0.05, 0) is 31.6 Å². The van der Waals surface area contributed by atoms with E-state index in [2.05, 4.69) is 25.6 Å². The highest BCUT2D eigenvalue weighted by molar-refractivity contribution is 14.0. The van der Waals surface area contributed by atoms with E-state index >= 15 is 0 Å². The van der Waals surface area contributed by atoms with Crippen molar-refractivity contribution in [1.29, 1.82) is 0 Å². The molecule has 0 saturated carbocycles. The van der Waals surface area contributed by atoms with Gasteiger partial charge in [0.1, 0.15) is 5.82 Å². The van der Waals surface area contributed by atoms with Crippen molar-refractivity contribution in [3.05, 3.63) is 23.8 Å². The zero-order valence-electron chi connectivity index (χ0n) is 11.9. The Hall–Kier alpha value is -0.570. The predicted molar refractivity (Wildman–Crippen MR) is 95.9 cm³/mol. The second-order valence-corrected chi connectivity index (χ2v) is 5.95. The molecule has 1 atom stereocenters. The fourth-order valence-corrected chi connectivity index (χ4v) is 3.22. The summed E-state index contributed by atoms with van der Waals surface area (Å²) in [4.78, 5) is 12.7. The van der Waals surface area contributed by atoms with Crippen LogP contribution in [0.3, 0.4) is 0 Å². The van der Waals surface area contributed by atoms with Gasteiger partial charge in [-0.1, -0.05) is 0 Å². The fourth-order valence-electron chi connectivity index (χ4n) is 2.01. The quantitative estimate of drug-likeness (QED) is 0.454. The normalized spacial score (nSPS) is 18.5. The van der Waals surface area contributed by atoms with Crippen molar-refractivity contribution in [1.82, 2.24) is 20.6 Å². The molecule has 2 N–H and O–H groups in total. The number of aromatic nitrogens is 2. The third-order valence-corrected chi connectivity index (χ3v) is 4.41. The van der Waals surface area contributed by atoms with Gasteiger partial charge in [-0.15, -0.1) is 24.0 Å². The van der Waals surface area contributed by atoms with E-state index in [0.717, 1.165) is 29.3 Å². The molecule has 2 rings (SSSR count). The van der Waals surface area contributed by atoms with E-state index in [9.17, 15) is 0 Å². The number of aryl methyl sites for hydroxylation is 1. The summed E-state index contributed by atoms with van der Waals surface area (Å²) in [6.45, 7) is 3.54. The van der Waals surface area contributed by atoms with Gasteiger partial charge >= 0.3 is 0 Å². The average Bonchev–Trinajstić information content (AvgIpc) is 2.92. The molecule has 2 heterocycles. The molecule has 0 bridgehead atoms. The average molecular weight is 407 g/mol. The molecule has 1 aromatic heterocycles. The van der Waals surface area contributed by atoms with Gasteiger partial charge in [0.15, 0.2) is 5.96 Å². The number of hydrogen-bond acceptors (Lipinski definition) is 4. The first-order chi connectivity index (χ1) is 9.28. The lowest BCUT2D eigenvalue weighted by atomic mass is 10.2. The Bertz CT molecular complexity index is 435. The Morgan fingerprint density at radius 3 is 3.00 bits per heavy atom. The lowest BCUT2D eigenvalue weighted by Crippen LogP contribution is -2.39. The van der Waals surface area contributed by atoms with Crippen LogP contribution in [0.5, 0.6) is 0 Å². The molecule has 0 aliphatic carbocycles. The van der Waals surface area contributed by atoms with Crippen molar-refractivity contribution in [2.75, 3.05) is 19.3 Å². The van der Waals surface area contributed by atoms with Crippen LogP contribution in [0.25, 0.3) is 0 Å². The van der Waals surface area contributed by atoms with Gasteiger partial charge in [-0.3, -0.25) is 4.99 Å². The van der Waals surface area contributed by atoms with Crippen LogP contribution in [0.2, 0.25) is 0 Å². The Kier molecular flexibility index (Phi) is 8.20. The molecule has 0 radical (unpaired) electrons. The number of aliphatic imine (C=N–C) groups is 1. The molecule has 20 heavy (non-hydrogen) atoms. The largest absolute Gasteiger partial charge is 0.355 e. The number of hydrogen-bond donors (Lipinski definition) is 2. The van der Waals surface area contributed by atoms with Crippen molar-refractivity contribution < 1.29 is 0 Å². The van der Waals surface area contributed by atoms with E-state index in [1.54, 1.807) is 13.2 Å². The monoisotopic (exact) mass is 407 g/mol. The topological polar surface area (TPSA) is 62.2 Å². The smallest absolute Gasteiger partial charge is 0.191 e. The van der Waals surface area contributed by atoms with Crippen LogP contribution in [0.1, 0.15) is 24.4 Å². The van der Waals surface area contributed by atoms with Crippen molar-refractivity contribution >= 4 is 41.7 Å². The van der Waals surface area contributed by atoms with Gasteiger partial charge in [0.05, 0.1) is 12.2 Å². The predicted octanol–water partition coefficient (Wildman–Crippen LogP) is 1.96. The molecule has 1 aliphatic heterocycles. The molecule has 1 aliphatic rings. The number of nitrogens with zero attached hydrogens (tertiary/aromatic N) is 3. The van der Waals surface area contributed by atoms with Gasteiger partial charge in [0.2, 0.25) is 0 Å². The summed E-state index contributed by atoms with van der Waals surface area (Å²) in [6.07, 6.45) is 4.42. The van der Waals surface area contributed by atoms with E-state index in [-0.39, 0.29) is 24.0 Å². The molecule has 1 aromatic rings. The minimum Gasteiger partial charge on any atom is -0.355 e. The Morgan fingerprint density at radius 1 is 1.50 bits per heavy atom. The second kappa shape index (κ2) is 9.38. The lowest BCUT2D eigenvalue weighted by molar-refractivity contribution is 0.722. The third-order valence-electron chi connectivity index (χ3n) is 3.02. The number of nitrogens with one attached hydrogen (secondary N) is 2. The van der Waals surface area contributed by atoms with Crippen LogP contribution in [-0.2, 0) is 6.54 Å². The number of rotatable bonds is 4. The van der Waals surface area contributed by atoms with E-state index in [1.165, 1.54) is 18.6 Å². The van der Waals surface area contributed by atoms with Crippen LogP contribution < -0.4 is 10.6 Å². The number of thioether (sulfide) groups is 1. The maximum absolute atomic E-state index is 4.36. The van der Waals surface area contributed by atoms with Crippen LogP contribution in [0.15, 0.2) is 17.3 Å². The van der Waals surface area contributed by atoms with E-state index in [0.29, 0.717) is 6.54 Å². The van der Waals surface area contributed by atoms with Gasteiger partial charge < -0.3 is 10.6 Å². The van der Waals surface area contributed by atoms with Gasteiger partial charge in [0, 0.05) is 25.0 Å². The van der Waals surface area contributed by atoms with Crippen molar-refractivity contribution in [2.24, 2.45) is 4.99 Å². The van der Waals surface area contributed by atoms with E-state index in [1.807, 2.05) is 24.8 Å². The first-order valence-electron chi connectivity index (χ1n) is 6.62. The van der Waals surface area contributed by atoms with Gasteiger partial charge in [0.25, 0.3) is 0 Å². The van der Waals surface area contributed by atoms with E-state index < -0.39 is 0 Å². The summed E-state index contributed by atoms with van der Waals surface area (Å²) in [5.74, 6) is 2.92. The maximum Gasteiger partial charge on any atom is 0.191 e.